The summed E-state index contributed by atoms with van der Waals surface area (Å²) in [5.74, 6) is 0. The maximum absolute atomic E-state index is 11.4. The number of carbonyl (C=O) groups excluding carboxylic acids is 1. The summed E-state index contributed by atoms with van der Waals surface area (Å²) in [7, 11) is 0. The molecule has 0 fully saturated rings. The van der Waals surface area contributed by atoms with Gasteiger partial charge in [0.2, 0.25) is 0 Å². The van der Waals surface area contributed by atoms with Crippen LogP contribution in [0.3, 0.4) is 0 Å². The molecule has 4 nitrogen and oxygen atoms in total. The van der Waals surface area contributed by atoms with Gasteiger partial charge in [-0.15, -0.1) is 0 Å². The second kappa shape index (κ2) is 5.53. The van der Waals surface area contributed by atoms with E-state index in [1.54, 1.807) is 12.3 Å². The van der Waals surface area contributed by atoms with Crippen molar-refractivity contribution in [1.29, 1.82) is 0 Å². The number of hydrogen-bond acceptors (Lipinski definition) is 3. The molecule has 0 N–H and O–H groups in total. The van der Waals surface area contributed by atoms with Gasteiger partial charge in [-0.3, -0.25) is 0 Å². The Morgan fingerprint density at radius 1 is 1.40 bits per heavy atom. The highest BCUT2D eigenvalue weighted by atomic mass is 16.6. The van der Waals surface area contributed by atoms with Crippen LogP contribution in [0.4, 0.5) is 4.79 Å². The molecule has 0 aromatic carbocycles. The van der Waals surface area contributed by atoms with Gasteiger partial charge in [-0.1, -0.05) is 13.8 Å². The fourth-order valence-electron chi connectivity index (χ4n) is 0.825. The van der Waals surface area contributed by atoms with Gasteiger partial charge in [-0.05, 0) is 33.8 Å². The third-order valence-electron chi connectivity index (χ3n) is 1.30. The summed E-state index contributed by atoms with van der Waals surface area (Å²) < 4.78 is 6.29. The monoisotopic (exact) mass is 212 g/mol. The third kappa shape index (κ3) is 5.20. The Morgan fingerprint density at radius 2 is 1.93 bits per heavy atom. The van der Waals surface area contributed by atoms with E-state index in [2.05, 4.69) is 5.10 Å². The third-order valence-corrected chi connectivity index (χ3v) is 1.30. The topological polar surface area (TPSA) is 44.1 Å². The van der Waals surface area contributed by atoms with E-state index in [4.69, 9.17) is 4.74 Å². The van der Waals surface area contributed by atoms with Crippen LogP contribution in [-0.2, 0) is 4.74 Å². The van der Waals surface area contributed by atoms with Crippen molar-refractivity contribution in [2.75, 3.05) is 0 Å². The van der Waals surface area contributed by atoms with Crippen LogP contribution in [0.25, 0.3) is 0 Å². The minimum Gasteiger partial charge on any atom is -0.442 e. The molecule has 1 heterocycles. The lowest BCUT2D eigenvalue weighted by Gasteiger charge is -2.18. The average Bonchev–Trinajstić information content (AvgIpc) is 2.52. The first kappa shape index (κ1) is 13.7. The molecular weight excluding hydrogens is 192 g/mol. The zero-order valence-corrected chi connectivity index (χ0v) is 10.4. The number of aryl methyl sites for hydroxylation is 1. The molecule has 4 heteroatoms. The van der Waals surface area contributed by atoms with E-state index in [1.807, 2.05) is 41.5 Å². The first-order chi connectivity index (χ1) is 6.88. The van der Waals surface area contributed by atoms with Crippen molar-refractivity contribution in [1.82, 2.24) is 9.78 Å². The Morgan fingerprint density at radius 3 is 2.27 bits per heavy atom. The van der Waals surface area contributed by atoms with Crippen molar-refractivity contribution < 1.29 is 9.53 Å². The number of carbonyl (C=O) groups is 1. The average molecular weight is 212 g/mol. The molecule has 1 aromatic rings. The molecule has 15 heavy (non-hydrogen) atoms. The summed E-state index contributed by atoms with van der Waals surface area (Å²) in [6.07, 6.45) is 1.14. The maximum Gasteiger partial charge on any atom is 0.435 e. The molecule has 0 aliphatic rings. The van der Waals surface area contributed by atoms with Crippen LogP contribution in [0.1, 0.15) is 40.3 Å². The van der Waals surface area contributed by atoms with Gasteiger partial charge in [0, 0.05) is 6.20 Å². The predicted octanol–water partition coefficient (Wildman–Crippen LogP) is 3.00. The Bertz CT molecular complexity index is 311. The van der Waals surface area contributed by atoms with E-state index in [9.17, 15) is 4.79 Å². The highest BCUT2D eigenvalue weighted by Crippen LogP contribution is 2.08. The van der Waals surface area contributed by atoms with Crippen LogP contribution in [0.15, 0.2) is 12.3 Å². The molecule has 0 radical (unpaired) electrons. The molecule has 0 saturated carbocycles. The van der Waals surface area contributed by atoms with Crippen LogP contribution < -0.4 is 0 Å². The normalized spacial score (nSPS) is 10.3. The van der Waals surface area contributed by atoms with Crippen molar-refractivity contribution >= 4 is 6.09 Å². The van der Waals surface area contributed by atoms with Crippen molar-refractivity contribution in [3.8, 4) is 0 Å². The quantitative estimate of drug-likeness (QED) is 0.664. The molecule has 1 rings (SSSR count). The molecule has 0 bridgehead atoms. The number of ether oxygens (including phenoxy) is 1. The predicted molar refractivity (Wildman–Crippen MR) is 59.9 cm³/mol. The molecule has 1 aromatic heterocycles. The summed E-state index contributed by atoms with van der Waals surface area (Å²) in [6.45, 7) is 11.3. The van der Waals surface area contributed by atoms with Crippen LogP contribution in [0, 0.1) is 6.92 Å². The van der Waals surface area contributed by atoms with Gasteiger partial charge in [-0.25, -0.2) is 4.79 Å². The minimum atomic E-state index is -0.475. The van der Waals surface area contributed by atoms with Crippen LogP contribution in [-0.4, -0.2) is 21.5 Å². The molecule has 0 unspecified atom stereocenters. The number of aromatic nitrogens is 2. The zero-order chi connectivity index (χ0) is 12.1. The fourth-order valence-corrected chi connectivity index (χ4v) is 0.825. The Labute approximate surface area is 91.2 Å². The molecule has 0 aliphatic carbocycles. The Balaban J connectivity index is 0.000000921. The molecule has 0 spiro atoms. The summed E-state index contributed by atoms with van der Waals surface area (Å²) in [6, 6.07) is 1.75. The zero-order valence-electron chi connectivity index (χ0n) is 10.4. The largest absolute Gasteiger partial charge is 0.442 e. The maximum atomic E-state index is 11.4. The summed E-state index contributed by atoms with van der Waals surface area (Å²) in [4.78, 5) is 11.4. The van der Waals surface area contributed by atoms with E-state index >= 15 is 0 Å². The number of rotatable bonds is 0. The van der Waals surface area contributed by atoms with E-state index in [-0.39, 0.29) is 0 Å². The van der Waals surface area contributed by atoms with Crippen LogP contribution in [0.2, 0.25) is 0 Å². The fraction of sp³-hybridized carbons (Fsp3) is 0.636. The minimum absolute atomic E-state index is 0.444. The highest BCUT2D eigenvalue weighted by Gasteiger charge is 2.17. The van der Waals surface area contributed by atoms with Crippen LogP contribution >= 0.6 is 0 Å². The molecule has 0 aliphatic heterocycles. The molecular formula is C11H20N2O2. The second-order valence-corrected chi connectivity index (χ2v) is 3.88. The lowest BCUT2D eigenvalue weighted by molar-refractivity contribution is 0.0514. The number of hydrogen-bond donors (Lipinski definition) is 0. The van der Waals surface area contributed by atoms with E-state index in [0.29, 0.717) is 0 Å². The summed E-state index contributed by atoms with van der Waals surface area (Å²) in [5.41, 5.74) is 0.322. The van der Waals surface area contributed by atoms with Gasteiger partial charge in [0.1, 0.15) is 5.60 Å². The van der Waals surface area contributed by atoms with Crippen molar-refractivity contribution in [3.63, 3.8) is 0 Å². The van der Waals surface area contributed by atoms with Gasteiger partial charge in [0.25, 0.3) is 0 Å². The highest BCUT2D eigenvalue weighted by molar-refractivity contribution is 5.69. The van der Waals surface area contributed by atoms with Crippen molar-refractivity contribution in [2.24, 2.45) is 0 Å². The smallest absolute Gasteiger partial charge is 0.435 e. The van der Waals surface area contributed by atoms with Gasteiger partial charge in [0.05, 0.1) is 5.69 Å². The first-order valence-electron chi connectivity index (χ1n) is 5.14. The van der Waals surface area contributed by atoms with Gasteiger partial charge < -0.3 is 4.74 Å². The number of nitrogens with zero attached hydrogens (tertiary/aromatic N) is 2. The van der Waals surface area contributed by atoms with Gasteiger partial charge >= 0.3 is 6.09 Å². The van der Waals surface area contributed by atoms with Crippen molar-refractivity contribution in [3.05, 3.63) is 18.0 Å². The molecule has 0 saturated heterocycles. The standard InChI is InChI=1S/C9H14N2O2.C2H6/c1-7-5-6-11(10-7)8(12)13-9(2,3)4;1-2/h5-6H,1-4H3;1-2H3. The van der Waals surface area contributed by atoms with E-state index < -0.39 is 11.7 Å². The second-order valence-electron chi connectivity index (χ2n) is 3.88. The van der Waals surface area contributed by atoms with Gasteiger partial charge in [-0.2, -0.15) is 9.78 Å². The molecule has 86 valence electrons. The van der Waals surface area contributed by atoms with E-state index in [0.717, 1.165) is 5.69 Å². The summed E-state index contributed by atoms with van der Waals surface area (Å²) >= 11 is 0. The van der Waals surface area contributed by atoms with Crippen LogP contribution in [0.5, 0.6) is 0 Å². The lowest BCUT2D eigenvalue weighted by Crippen LogP contribution is -2.27. The molecule has 0 atom stereocenters. The van der Waals surface area contributed by atoms with Crippen molar-refractivity contribution in [2.45, 2.75) is 47.1 Å². The Kier molecular flexibility index (Phi) is 5.05. The summed E-state index contributed by atoms with van der Waals surface area (Å²) in [5, 5.41) is 3.94. The van der Waals surface area contributed by atoms with E-state index in [1.165, 1.54) is 4.68 Å². The lowest BCUT2D eigenvalue weighted by atomic mass is 10.2. The Hall–Kier alpha value is -1.32. The SMILES string of the molecule is CC.Cc1ccn(C(=O)OC(C)(C)C)n1. The van der Waals surface area contributed by atoms with Gasteiger partial charge in [0.15, 0.2) is 0 Å². The first-order valence-corrected chi connectivity index (χ1v) is 5.14. The molecule has 0 amide bonds.